The highest BCUT2D eigenvalue weighted by Crippen LogP contribution is 2.40. The van der Waals surface area contributed by atoms with E-state index in [9.17, 15) is 9.32 Å². The van der Waals surface area contributed by atoms with Crippen LogP contribution in [0.1, 0.15) is 49.6 Å². The van der Waals surface area contributed by atoms with Gasteiger partial charge in [-0.2, -0.15) is 4.98 Å². The van der Waals surface area contributed by atoms with Gasteiger partial charge in [0.25, 0.3) is 0 Å². The molecule has 0 amide bonds. The highest BCUT2D eigenvalue weighted by molar-refractivity contribution is 7.85. The number of aryl methyl sites for hydroxylation is 1. The largest absolute Gasteiger partial charge is 0.391 e. The van der Waals surface area contributed by atoms with Crippen LogP contribution in [0.2, 0.25) is 0 Å². The van der Waals surface area contributed by atoms with E-state index in [0.29, 0.717) is 35.4 Å². The molecule has 2 aromatic heterocycles. The molecule has 0 aromatic carbocycles. The van der Waals surface area contributed by atoms with E-state index in [1.807, 2.05) is 19.1 Å². The molecule has 166 valence electrons. The van der Waals surface area contributed by atoms with E-state index in [1.54, 1.807) is 6.20 Å². The van der Waals surface area contributed by atoms with E-state index in [-0.39, 0.29) is 0 Å². The topological polar surface area (TPSA) is 91.2 Å². The molecule has 2 aromatic rings. The maximum Gasteiger partial charge on any atom is 0.227 e. The number of aliphatic hydroxyl groups is 1. The van der Waals surface area contributed by atoms with Crippen molar-refractivity contribution < 1.29 is 9.32 Å². The van der Waals surface area contributed by atoms with Crippen molar-refractivity contribution in [3.8, 4) is 12.3 Å². The predicted octanol–water partition coefficient (Wildman–Crippen LogP) is 2.53. The van der Waals surface area contributed by atoms with Crippen molar-refractivity contribution in [3.05, 3.63) is 41.4 Å². The monoisotopic (exact) mass is 449 g/mol. The standard InChI is InChI=1S/C24H27N5O2S/c1-3-17-5-6-19(25-15-17)18-7-12-29(13-8-18)23-26-20-9-14-32(31)21(20)22(27-23)28-24(16(2)30)10-4-11-24/h1,5-7,15-16,30H,4,8-14H2,2H3,(H,26,27,28)/t16-,32-/m1/s1. The second kappa shape index (κ2) is 8.30. The number of terminal acetylenes is 1. The summed E-state index contributed by atoms with van der Waals surface area (Å²) < 4.78 is 12.7. The molecule has 3 aliphatic rings. The number of nitrogens with zero attached hydrogens (tertiary/aromatic N) is 4. The van der Waals surface area contributed by atoms with Crippen LogP contribution in [0.5, 0.6) is 0 Å². The molecule has 0 unspecified atom stereocenters. The number of hydrogen-bond acceptors (Lipinski definition) is 7. The molecule has 0 radical (unpaired) electrons. The normalized spacial score (nSPS) is 22.3. The summed E-state index contributed by atoms with van der Waals surface area (Å²) in [6, 6.07) is 3.88. The Morgan fingerprint density at radius 3 is 2.75 bits per heavy atom. The molecule has 32 heavy (non-hydrogen) atoms. The van der Waals surface area contributed by atoms with Crippen molar-refractivity contribution in [1.29, 1.82) is 0 Å². The van der Waals surface area contributed by atoms with Crippen molar-refractivity contribution in [2.45, 2.75) is 55.6 Å². The van der Waals surface area contributed by atoms with Crippen LogP contribution in [-0.4, -0.2) is 54.8 Å². The van der Waals surface area contributed by atoms with Crippen LogP contribution in [0.15, 0.2) is 29.3 Å². The molecule has 1 saturated carbocycles. The van der Waals surface area contributed by atoms with Crippen molar-refractivity contribution in [2.75, 3.05) is 29.1 Å². The number of rotatable bonds is 5. The molecule has 1 aliphatic carbocycles. The number of fused-ring (bicyclic) bond motifs is 1. The molecule has 2 atom stereocenters. The molecule has 0 bridgehead atoms. The fourth-order valence-corrected chi connectivity index (χ4v) is 5.91. The van der Waals surface area contributed by atoms with Gasteiger partial charge in [-0.05, 0) is 50.3 Å². The lowest BCUT2D eigenvalue weighted by atomic mass is 9.73. The molecule has 0 saturated heterocycles. The van der Waals surface area contributed by atoms with E-state index in [4.69, 9.17) is 16.4 Å². The Morgan fingerprint density at radius 2 is 2.16 bits per heavy atom. The molecule has 0 spiro atoms. The van der Waals surface area contributed by atoms with Crippen molar-refractivity contribution in [1.82, 2.24) is 15.0 Å². The maximum absolute atomic E-state index is 12.7. The van der Waals surface area contributed by atoms with Gasteiger partial charge in [0.05, 0.1) is 33.8 Å². The molecule has 4 heterocycles. The zero-order valence-electron chi connectivity index (χ0n) is 18.2. The first kappa shape index (κ1) is 21.1. The summed E-state index contributed by atoms with van der Waals surface area (Å²) in [4.78, 5) is 16.9. The predicted molar refractivity (Wildman–Crippen MR) is 126 cm³/mol. The second-order valence-corrected chi connectivity index (χ2v) is 10.3. The van der Waals surface area contributed by atoms with E-state index in [1.165, 1.54) is 5.57 Å². The minimum Gasteiger partial charge on any atom is -0.391 e. The van der Waals surface area contributed by atoms with Gasteiger partial charge in [0.15, 0.2) is 0 Å². The van der Waals surface area contributed by atoms with Gasteiger partial charge in [0.1, 0.15) is 10.7 Å². The number of aromatic nitrogens is 3. The van der Waals surface area contributed by atoms with Crippen LogP contribution in [0, 0.1) is 12.3 Å². The van der Waals surface area contributed by atoms with E-state index < -0.39 is 22.4 Å². The van der Waals surface area contributed by atoms with E-state index in [0.717, 1.165) is 49.2 Å². The van der Waals surface area contributed by atoms with Crippen LogP contribution in [0.3, 0.4) is 0 Å². The van der Waals surface area contributed by atoms with Crippen LogP contribution in [0.25, 0.3) is 5.57 Å². The van der Waals surface area contributed by atoms with Crippen LogP contribution in [-0.2, 0) is 17.2 Å². The summed E-state index contributed by atoms with van der Waals surface area (Å²) in [7, 11) is -1.10. The van der Waals surface area contributed by atoms with Gasteiger partial charge < -0.3 is 15.3 Å². The third kappa shape index (κ3) is 3.70. The molecule has 2 aliphatic heterocycles. The summed E-state index contributed by atoms with van der Waals surface area (Å²) in [6.45, 7) is 3.26. The Labute approximate surface area is 190 Å². The fraction of sp³-hybridized carbons (Fsp3) is 0.458. The Morgan fingerprint density at radius 1 is 1.31 bits per heavy atom. The lowest BCUT2D eigenvalue weighted by Gasteiger charge is -2.45. The number of nitrogens with one attached hydrogen (secondary N) is 1. The van der Waals surface area contributed by atoms with E-state index >= 15 is 0 Å². The second-order valence-electron chi connectivity index (χ2n) is 8.76. The van der Waals surface area contributed by atoms with Gasteiger partial charge in [0.2, 0.25) is 5.95 Å². The van der Waals surface area contributed by atoms with Crippen LogP contribution < -0.4 is 10.2 Å². The number of anilines is 2. The van der Waals surface area contributed by atoms with Crippen molar-refractivity contribution in [2.24, 2.45) is 0 Å². The van der Waals surface area contributed by atoms with Gasteiger partial charge in [-0.1, -0.05) is 12.0 Å². The molecule has 1 fully saturated rings. The van der Waals surface area contributed by atoms with Gasteiger partial charge >= 0.3 is 0 Å². The van der Waals surface area contributed by atoms with Gasteiger partial charge in [-0.25, -0.2) is 4.98 Å². The quantitative estimate of drug-likeness (QED) is 0.678. The first-order chi connectivity index (χ1) is 15.5. The number of hydrogen-bond donors (Lipinski definition) is 2. The van der Waals surface area contributed by atoms with Crippen LogP contribution in [0.4, 0.5) is 11.8 Å². The van der Waals surface area contributed by atoms with Gasteiger partial charge in [0, 0.05) is 37.0 Å². The molecule has 2 N–H and O–H groups in total. The highest BCUT2D eigenvalue weighted by Gasteiger charge is 2.43. The molecular formula is C24H27N5O2S. The average molecular weight is 450 g/mol. The Hall–Kier alpha value is -2.76. The highest BCUT2D eigenvalue weighted by atomic mass is 32.2. The molecule has 8 heteroatoms. The lowest BCUT2D eigenvalue weighted by molar-refractivity contribution is 0.0631. The van der Waals surface area contributed by atoms with Crippen LogP contribution >= 0.6 is 0 Å². The zero-order valence-corrected chi connectivity index (χ0v) is 19.0. The Kier molecular flexibility index (Phi) is 5.48. The summed E-state index contributed by atoms with van der Waals surface area (Å²) in [6.07, 6.45) is 13.1. The average Bonchev–Trinajstić information content (AvgIpc) is 3.17. The Bertz CT molecular complexity index is 1130. The molecular weight excluding hydrogens is 422 g/mol. The third-order valence-electron chi connectivity index (χ3n) is 6.84. The summed E-state index contributed by atoms with van der Waals surface area (Å²) in [5, 5.41) is 13.9. The summed E-state index contributed by atoms with van der Waals surface area (Å²) in [5.41, 5.74) is 3.37. The SMILES string of the molecule is C#Cc1ccc(C2=CCN(c3nc4c(c(NC5([C@@H](C)O)CCC5)n3)[S@](=O)CC4)CC2)nc1. The van der Waals surface area contributed by atoms with Gasteiger partial charge in [-0.3, -0.25) is 9.19 Å². The fourth-order valence-electron chi connectivity index (χ4n) is 4.60. The van der Waals surface area contributed by atoms with Gasteiger partial charge in [-0.15, -0.1) is 6.42 Å². The lowest BCUT2D eigenvalue weighted by Crippen LogP contribution is -2.53. The first-order valence-corrected chi connectivity index (χ1v) is 12.4. The third-order valence-corrected chi connectivity index (χ3v) is 8.30. The summed E-state index contributed by atoms with van der Waals surface area (Å²) in [5.74, 6) is 4.45. The first-order valence-electron chi connectivity index (χ1n) is 11.1. The Balaban J connectivity index is 1.41. The minimum absolute atomic E-state index is 0.391. The van der Waals surface area contributed by atoms with Crippen molar-refractivity contribution in [3.63, 3.8) is 0 Å². The molecule has 5 rings (SSSR count). The summed E-state index contributed by atoms with van der Waals surface area (Å²) >= 11 is 0. The minimum atomic E-state index is -1.10. The van der Waals surface area contributed by atoms with Crippen molar-refractivity contribution >= 4 is 28.1 Å². The molecule has 7 nitrogen and oxygen atoms in total. The smallest absolute Gasteiger partial charge is 0.227 e. The number of pyridine rings is 1. The zero-order chi connectivity index (χ0) is 22.3. The number of aliphatic hydroxyl groups excluding tert-OH is 1. The maximum atomic E-state index is 12.7. The van der Waals surface area contributed by atoms with E-state index in [2.05, 4.69) is 27.2 Å².